The molecule has 0 spiro atoms. The first-order valence-corrected chi connectivity index (χ1v) is 9.50. The molecule has 2 heterocycles. The number of amides is 1. The molecule has 6 nitrogen and oxygen atoms in total. The van der Waals surface area contributed by atoms with E-state index in [4.69, 9.17) is 4.74 Å². The largest absolute Gasteiger partial charge is 0.375 e. The molecule has 2 aromatic rings. The molecule has 1 saturated heterocycles. The normalized spacial score (nSPS) is 24.1. The summed E-state index contributed by atoms with van der Waals surface area (Å²) in [5.41, 5.74) is 2.60. The number of carbonyl (C=O) groups is 1. The zero-order chi connectivity index (χ0) is 18.8. The van der Waals surface area contributed by atoms with Crippen molar-refractivity contribution in [1.82, 2.24) is 20.4 Å². The van der Waals surface area contributed by atoms with E-state index >= 15 is 0 Å². The highest BCUT2D eigenvalue weighted by atomic mass is 35.5. The first-order chi connectivity index (χ1) is 13.1. The molecular weight excluding hydrogens is 383 g/mol. The van der Waals surface area contributed by atoms with E-state index in [9.17, 15) is 9.18 Å². The molecule has 4 rings (SSSR count). The molecule has 28 heavy (non-hydrogen) atoms. The van der Waals surface area contributed by atoms with Gasteiger partial charge in [-0.2, -0.15) is 5.10 Å². The molecule has 1 aliphatic heterocycles. The molecule has 1 aliphatic carbocycles. The Hall–Kier alpha value is -1.96. The van der Waals surface area contributed by atoms with Gasteiger partial charge in [-0.1, -0.05) is 0 Å². The van der Waals surface area contributed by atoms with Crippen LogP contribution in [0.25, 0.3) is 11.3 Å². The zero-order valence-electron chi connectivity index (χ0n) is 15.9. The van der Waals surface area contributed by atoms with Gasteiger partial charge in [0.25, 0.3) is 0 Å². The number of aromatic amines is 1. The average molecular weight is 409 g/mol. The maximum Gasteiger partial charge on any atom is 0.225 e. The summed E-state index contributed by atoms with van der Waals surface area (Å²) in [5.74, 6) is -0.0956. The van der Waals surface area contributed by atoms with Crippen LogP contribution in [-0.2, 0) is 16.1 Å². The van der Waals surface area contributed by atoms with Gasteiger partial charge in [-0.05, 0) is 43.5 Å². The third-order valence-corrected chi connectivity index (χ3v) is 5.61. The maximum atomic E-state index is 13.2. The van der Waals surface area contributed by atoms with Gasteiger partial charge in [0.05, 0.1) is 24.6 Å². The summed E-state index contributed by atoms with van der Waals surface area (Å²) in [5, 5.41) is 10.6. The molecule has 3 atom stereocenters. The lowest BCUT2D eigenvalue weighted by molar-refractivity contribution is -0.138. The number of benzene rings is 1. The third kappa shape index (κ3) is 4.37. The Morgan fingerprint density at radius 1 is 1.32 bits per heavy atom. The molecule has 0 bridgehead atoms. The highest BCUT2D eigenvalue weighted by Crippen LogP contribution is 2.30. The fourth-order valence-corrected chi connectivity index (χ4v) is 4.18. The van der Waals surface area contributed by atoms with Gasteiger partial charge in [-0.3, -0.25) is 9.89 Å². The Morgan fingerprint density at radius 2 is 2.11 bits per heavy atom. The van der Waals surface area contributed by atoms with E-state index in [1.165, 1.54) is 12.1 Å². The molecule has 0 unspecified atom stereocenters. The van der Waals surface area contributed by atoms with E-state index in [2.05, 4.69) is 15.5 Å². The van der Waals surface area contributed by atoms with Gasteiger partial charge in [-0.25, -0.2) is 4.39 Å². The van der Waals surface area contributed by atoms with Gasteiger partial charge in [0.2, 0.25) is 5.91 Å². The summed E-state index contributed by atoms with van der Waals surface area (Å²) >= 11 is 0. The number of nitrogens with one attached hydrogen (secondary N) is 2. The Balaban J connectivity index is 0.00000225. The van der Waals surface area contributed by atoms with Crippen molar-refractivity contribution < 1.29 is 13.9 Å². The van der Waals surface area contributed by atoms with Crippen molar-refractivity contribution in [3.63, 3.8) is 0 Å². The summed E-state index contributed by atoms with van der Waals surface area (Å²) in [6.07, 6.45) is 4.59. The van der Waals surface area contributed by atoms with Crippen LogP contribution in [0, 0.1) is 11.7 Å². The van der Waals surface area contributed by atoms with E-state index in [-0.39, 0.29) is 42.2 Å². The lowest BCUT2D eigenvalue weighted by Gasteiger charge is -2.40. The van der Waals surface area contributed by atoms with Crippen molar-refractivity contribution in [1.29, 1.82) is 0 Å². The third-order valence-electron chi connectivity index (χ3n) is 5.61. The predicted octanol–water partition coefficient (Wildman–Crippen LogP) is 2.75. The second kappa shape index (κ2) is 9.03. The topological polar surface area (TPSA) is 70.2 Å². The summed E-state index contributed by atoms with van der Waals surface area (Å²) in [7, 11) is 1.83. The number of hydrogen-bond acceptors (Lipinski definition) is 4. The molecule has 1 aromatic carbocycles. The van der Waals surface area contributed by atoms with Crippen LogP contribution in [0.15, 0.2) is 30.5 Å². The van der Waals surface area contributed by atoms with E-state index in [1.54, 1.807) is 23.2 Å². The summed E-state index contributed by atoms with van der Waals surface area (Å²) in [4.78, 5) is 14.7. The average Bonchev–Trinajstić information content (AvgIpc) is 3.15. The monoisotopic (exact) mass is 408 g/mol. The number of hydrogen-bond donors (Lipinski definition) is 2. The number of rotatable bonds is 4. The van der Waals surface area contributed by atoms with Crippen LogP contribution in [0.5, 0.6) is 0 Å². The first-order valence-electron chi connectivity index (χ1n) is 9.50. The van der Waals surface area contributed by atoms with Gasteiger partial charge in [-0.15, -0.1) is 12.4 Å². The van der Waals surface area contributed by atoms with Gasteiger partial charge in [0, 0.05) is 43.2 Å². The minimum absolute atomic E-state index is 0. The second-order valence-corrected chi connectivity index (χ2v) is 7.45. The molecule has 152 valence electrons. The number of halogens is 2. The van der Waals surface area contributed by atoms with Crippen LogP contribution in [0.2, 0.25) is 0 Å². The first kappa shape index (κ1) is 20.8. The van der Waals surface area contributed by atoms with Crippen molar-refractivity contribution in [2.45, 2.75) is 38.0 Å². The van der Waals surface area contributed by atoms with E-state index in [0.717, 1.165) is 49.2 Å². The van der Waals surface area contributed by atoms with Gasteiger partial charge in [0.1, 0.15) is 5.82 Å². The van der Waals surface area contributed by atoms with E-state index in [0.29, 0.717) is 6.54 Å². The van der Waals surface area contributed by atoms with Crippen LogP contribution in [0.3, 0.4) is 0 Å². The minimum atomic E-state index is -0.275. The zero-order valence-corrected chi connectivity index (χ0v) is 16.7. The van der Waals surface area contributed by atoms with Gasteiger partial charge in [0.15, 0.2) is 0 Å². The van der Waals surface area contributed by atoms with Crippen molar-refractivity contribution in [3.8, 4) is 11.3 Å². The van der Waals surface area contributed by atoms with Gasteiger partial charge >= 0.3 is 0 Å². The predicted molar refractivity (Wildman–Crippen MR) is 107 cm³/mol. The van der Waals surface area contributed by atoms with E-state index < -0.39 is 0 Å². The Kier molecular flexibility index (Phi) is 6.69. The number of ether oxygens (including phenoxy) is 1. The highest BCUT2D eigenvalue weighted by molar-refractivity contribution is 5.85. The fraction of sp³-hybridized carbons (Fsp3) is 0.500. The number of fused-ring (bicyclic) bond motifs is 1. The fourth-order valence-electron chi connectivity index (χ4n) is 4.18. The SMILES string of the molecule is CN(Cc1cn[nH]c1-c1ccc(F)cc1)C(=O)[C@H]1CC[C@H]2OCCN[C@@H]2C1.Cl. The standard InChI is InChI=1S/C20H25FN4O2.ClH/c1-25(20(26)14-4-7-18-17(10-14)22-8-9-27-18)12-15-11-23-24-19(15)13-2-5-16(21)6-3-13;/h2-3,5-6,11,14,17-18,22H,4,7-10,12H2,1H3,(H,23,24);1H/t14-,17+,18+;/m0./s1. The number of carbonyl (C=O) groups excluding carboxylic acids is 1. The second-order valence-electron chi connectivity index (χ2n) is 7.45. The lowest BCUT2D eigenvalue weighted by atomic mass is 9.82. The highest BCUT2D eigenvalue weighted by Gasteiger charge is 2.36. The summed E-state index contributed by atoms with van der Waals surface area (Å²) in [6, 6.07) is 6.55. The smallest absolute Gasteiger partial charge is 0.225 e. The Labute approximate surface area is 170 Å². The van der Waals surface area contributed by atoms with Crippen molar-refractivity contribution in [2.75, 3.05) is 20.2 Å². The molecule has 2 fully saturated rings. The van der Waals surface area contributed by atoms with Crippen LogP contribution < -0.4 is 5.32 Å². The molecule has 0 radical (unpaired) electrons. The molecular formula is C20H26ClFN4O2. The Bertz CT molecular complexity index is 798. The van der Waals surface area contributed by atoms with Crippen LogP contribution in [0.1, 0.15) is 24.8 Å². The van der Waals surface area contributed by atoms with Crippen LogP contribution in [0.4, 0.5) is 4.39 Å². The van der Waals surface area contributed by atoms with Crippen molar-refractivity contribution in [2.24, 2.45) is 5.92 Å². The number of morpholine rings is 1. The molecule has 1 aromatic heterocycles. The summed E-state index contributed by atoms with van der Waals surface area (Å²) in [6.45, 7) is 2.08. The number of H-pyrrole nitrogens is 1. The molecule has 1 amide bonds. The minimum Gasteiger partial charge on any atom is -0.375 e. The maximum absolute atomic E-state index is 13.2. The molecule has 1 saturated carbocycles. The number of aromatic nitrogens is 2. The van der Waals surface area contributed by atoms with Gasteiger partial charge < -0.3 is 15.0 Å². The molecule has 8 heteroatoms. The molecule has 2 N–H and O–H groups in total. The van der Waals surface area contributed by atoms with Crippen molar-refractivity contribution in [3.05, 3.63) is 41.8 Å². The Morgan fingerprint density at radius 3 is 2.89 bits per heavy atom. The molecule has 2 aliphatic rings. The van der Waals surface area contributed by atoms with E-state index in [1.807, 2.05) is 7.05 Å². The number of nitrogens with zero attached hydrogens (tertiary/aromatic N) is 2. The van der Waals surface area contributed by atoms with Crippen LogP contribution >= 0.6 is 12.4 Å². The van der Waals surface area contributed by atoms with Crippen LogP contribution in [-0.4, -0.2) is 53.3 Å². The lowest BCUT2D eigenvalue weighted by Crippen LogP contribution is -2.53. The summed E-state index contributed by atoms with van der Waals surface area (Å²) < 4.78 is 19.0. The van der Waals surface area contributed by atoms with Crippen molar-refractivity contribution >= 4 is 18.3 Å². The quantitative estimate of drug-likeness (QED) is 0.816.